The van der Waals surface area contributed by atoms with Crippen LogP contribution in [0.5, 0.6) is 34.5 Å². The first-order valence-corrected chi connectivity index (χ1v) is 30.0. The average molecular weight is 1470 g/mol. The number of nitro benzene ring substituents is 1. The molecule has 4 aromatic carbocycles. The molecule has 0 aromatic heterocycles. The van der Waals surface area contributed by atoms with Crippen molar-refractivity contribution in [3.8, 4) is 34.5 Å². The lowest BCUT2D eigenvalue weighted by molar-refractivity contribution is -0.385. The van der Waals surface area contributed by atoms with E-state index >= 15 is 0 Å². The maximum atomic E-state index is 13.6. The highest BCUT2D eigenvalue weighted by Gasteiger charge is 2.83. The van der Waals surface area contributed by atoms with Gasteiger partial charge in [-0.25, -0.2) is 37.5 Å². The lowest BCUT2D eigenvalue weighted by Gasteiger charge is -2.29. The van der Waals surface area contributed by atoms with Gasteiger partial charge in [-0.1, -0.05) is 26.3 Å². The van der Waals surface area contributed by atoms with Gasteiger partial charge in [0.2, 0.25) is 23.1 Å². The summed E-state index contributed by atoms with van der Waals surface area (Å²) in [5, 5.41) is -8.13. The molecular weight excluding hydrogens is 1430 g/mol. The van der Waals surface area contributed by atoms with Crippen LogP contribution in [0.1, 0.15) is 27.7 Å². The molecule has 0 unspecified atom stereocenters. The Morgan fingerprint density at radius 3 is 1.20 bits per heavy atom. The van der Waals surface area contributed by atoms with Crippen LogP contribution < -0.4 is 27.9 Å². The van der Waals surface area contributed by atoms with Gasteiger partial charge in [0.15, 0.2) is 23.1 Å². The third kappa shape index (κ3) is 21.3. The summed E-state index contributed by atoms with van der Waals surface area (Å²) >= 11 is 0. The molecule has 518 valence electrons. The summed E-state index contributed by atoms with van der Waals surface area (Å²) in [6, 6.07) is 9.87. The van der Waals surface area contributed by atoms with E-state index < -0.39 is 176 Å². The van der Waals surface area contributed by atoms with Crippen molar-refractivity contribution in [1.29, 1.82) is 0 Å². The summed E-state index contributed by atoms with van der Waals surface area (Å²) in [5.74, 6) is -28.0. The lowest BCUT2D eigenvalue weighted by atomic mass is 10.3. The van der Waals surface area contributed by atoms with E-state index in [1.807, 2.05) is 0 Å². The molecule has 0 amide bonds. The molecule has 30 nitrogen and oxygen atoms in total. The van der Waals surface area contributed by atoms with E-state index in [0.29, 0.717) is 18.2 Å². The Hall–Kier alpha value is -9.39. The molecule has 0 aliphatic carbocycles. The highest BCUT2D eigenvalue weighted by molar-refractivity contribution is 7.89. The number of nitrogens with zero attached hydrogens (tertiary/aromatic N) is 1. The number of nitro groups is 1. The van der Waals surface area contributed by atoms with Crippen molar-refractivity contribution < 1.29 is 179 Å². The first kappa shape index (κ1) is 82.6. The minimum atomic E-state index is -7.14. The molecular formula is C47H37F12NO29S5. The first-order chi connectivity index (χ1) is 42.2. The molecule has 0 aliphatic heterocycles. The van der Waals surface area contributed by atoms with E-state index in [9.17, 15) is 134 Å². The van der Waals surface area contributed by atoms with E-state index in [0.717, 1.165) is 31.2 Å². The third-order valence-corrected chi connectivity index (χ3v) is 14.2. The maximum Gasteiger partial charge on any atom is 0.465 e. The van der Waals surface area contributed by atoms with Crippen LogP contribution >= 0.6 is 0 Å². The SMILES string of the molecule is C=C(C)C(=O)Oc1c(F)c(F)c(S(=O)(=O)O)c(F)c1F.C=C(C)C(=O)Oc1ccc(OC(=O)COC(=O)C(F)(F)S(=O)(=O)O)cc1.C=C(C)C(=O)Oc1ccc(OS(=O)(=O)C(F)(F)C(F)(F)C(F)(F)S(=O)(=O)O)cc1.C=C(C)C(=O)Oc1ccc(S(=O)(=O)O)cc1[N+](=O)[O-]. The van der Waals surface area contributed by atoms with E-state index in [-0.39, 0.29) is 39.5 Å². The zero-order valence-corrected chi connectivity index (χ0v) is 50.5. The summed E-state index contributed by atoms with van der Waals surface area (Å²) in [7, 11) is -30.2. The number of hydrogen-bond acceptors (Lipinski definition) is 25. The van der Waals surface area contributed by atoms with Gasteiger partial charge in [0, 0.05) is 28.4 Å². The van der Waals surface area contributed by atoms with Crippen molar-refractivity contribution in [2.75, 3.05) is 6.61 Å². The number of benzene rings is 4. The number of hydrogen-bond donors (Lipinski definition) is 4. The molecule has 0 bridgehead atoms. The summed E-state index contributed by atoms with van der Waals surface area (Å²) in [6.07, 6.45) is 0. The Kier molecular flexibility index (Phi) is 27.3. The molecule has 4 N–H and O–H groups in total. The van der Waals surface area contributed by atoms with E-state index in [1.54, 1.807) is 0 Å². The number of esters is 6. The van der Waals surface area contributed by atoms with E-state index in [2.05, 4.69) is 54.2 Å². The Balaban J connectivity index is 0.000000635. The molecule has 0 saturated carbocycles. The van der Waals surface area contributed by atoms with E-state index in [1.165, 1.54) is 45.0 Å². The number of rotatable bonds is 22. The summed E-state index contributed by atoms with van der Waals surface area (Å²) in [5.41, 5.74) is -0.958. The molecule has 94 heavy (non-hydrogen) atoms. The molecule has 4 aromatic rings. The molecule has 0 fully saturated rings. The Morgan fingerprint density at radius 1 is 0.500 bits per heavy atom. The van der Waals surface area contributed by atoms with E-state index in [4.69, 9.17) is 22.9 Å². The standard InChI is InChI=1S/C14H12F2O9S.C13H10F6O8S2.C10H6F4O5S.C10H9NO7S/c1-8(2)12(18)25-10-5-3-9(4-6-10)24-11(17)7-23-13(19)14(15,16)26(20,21)22;1-7(2)10(20)26-8-3-5-9(6-4-8)27-29(24,25)13(18,19)11(14,15)12(16,17)28(21,22)23;1-3(2)10(15)19-8-4(11)6(13)9(20(16,17)18)7(14)5(8)12;1-6(2)10(12)18-9-4-3-7(19(15,16)17)5-8(9)11(13)14/h3-6H,1,7H2,2H3,(H,20,21,22);3-6H,1H2,2H3,(H,21,22,23);1H2,2H3,(H,16,17,18);3-5H,1H2,2H3,(H,15,16,17). The zero-order valence-electron chi connectivity index (χ0n) is 46.4. The largest absolute Gasteiger partial charge is 0.465 e. The zero-order chi connectivity index (χ0) is 73.8. The maximum absolute atomic E-state index is 13.6. The summed E-state index contributed by atoms with van der Waals surface area (Å²) in [6.45, 7) is 16.8. The van der Waals surface area contributed by atoms with Crippen LogP contribution in [0.4, 0.5) is 58.4 Å². The summed E-state index contributed by atoms with van der Waals surface area (Å²) < 4.78 is 330. The number of carbonyl (C=O) groups excluding carboxylic acids is 6. The van der Waals surface area contributed by atoms with Gasteiger partial charge in [0.05, 0.1) is 4.92 Å². The predicted octanol–water partition coefficient (Wildman–Crippen LogP) is 6.98. The molecule has 0 radical (unpaired) electrons. The Labute approximate surface area is 518 Å². The molecule has 0 spiro atoms. The van der Waals surface area contributed by atoms with Crippen LogP contribution in [0, 0.1) is 33.4 Å². The highest BCUT2D eigenvalue weighted by atomic mass is 32.2. The fourth-order valence-electron chi connectivity index (χ4n) is 4.83. The molecule has 4 rings (SSSR count). The van der Waals surface area contributed by atoms with Gasteiger partial charge in [-0.3, -0.25) is 28.3 Å². The quantitative estimate of drug-likeness (QED) is 0.00709. The topological polar surface area (TPSA) is 462 Å². The van der Waals surface area contributed by atoms with Crippen molar-refractivity contribution in [2.45, 2.75) is 59.2 Å². The Bertz CT molecular complexity index is 4290. The van der Waals surface area contributed by atoms with Crippen LogP contribution in [-0.2, 0) is 84.1 Å². The van der Waals surface area contributed by atoms with Crippen molar-refractivity contribution in [2.24, 2.45) is 0 Å². The van der Waals surface area contributed by atoms with Crippen molar-refractivity contribution in [1.82, 2.24) is 0 Å². The Morgan fingerprint density at radius 2 is 0.862 bits per heavy atom. The van der Waals surface area contributed by atoms with Gasteiger partial charge in [-0.15, -0.1) is 0 Å². The minimum Gasteiger partial charge on any atom is -0.448 e. The second-order valence-corrected chi connectivity index (χ2v) is 24.3. The average Bonchev–Trinajstić information content (AvgIpc) is 0.727. The lowest BCUT2D eigenvalue weighted by Crippen LogP contribution is -2.61. The van der Waals surface area contributed by atoms with Crippen LogP contribution in [0.25, 0.3) is 0 Å². The number of carbonyl (C=O) groups is 6. The van der Waals surface area contributed by atoms with Gasteiger partial charge in [0.25, 0.3) is 10.1 Å². The molecule has 0 heterocycles. The fourth-order valence-corrected chi connectivity index (χ4v) is 7.66. The molecule has 0 saturated heterocycles. The van der Waals surface area contributed by atoms with Crippen LogP contribution in [0.3, 0.4) is 0 Å². The second-order valence-electron chi connectivity index (χ2n) is 17.0. The van der Waals surface area contributed by atoms with Crippen LogP contribution in [0.2, 0.25) is 0 Å². The monoisotopic (exact) mass is 1470 g/mol. The van der Waals surface area contributed by atoms with Gasteiger partial charge in [0.1, 0.15) is 27.9 Å². The molecule has 0 atom stereocenters. The smallest absolute Gasteiger partial charge is 0.448 e. The second kappa shape index (κ2) is 31.0. The van der Waals surface area contributed by atoms with Crippen molar-refractivity contribution >= 4 is 92.1 Å². The highest BCUT2D eigenvalue weighted by Crippen LogP contribution is 2.51. The first-order valence-electron chi connectivity index (χ1n) is 22.8. The number of halogens is 12. The van der Waals surface area contributed by atoms with Crippen molar-refractivity contribution in [3.05, 3.63) is 149 Å². The third-order valence-electron chi connectivity index (χ3n) is 9.41. The number of ether oxygens (including phenoxy) is 6. The number of alkyl halides is 8. The fraction of sp³-hybridized carbons (Fsp3) is 0.191. The minimum absolute atomic E-state index is 0.0214. The van der Waals surface area contributed by atoms with Gasteiger partial charge >= 0.3 is 104 Å². The van der Waals surface area contributed by atoms with Crippen LogP contribution in [0.15, 0.2) is 125 Å². The summed E-state index contributed by atoms with van der Waals surface area (Å²) in [4.78, 5) is 74.1. The van der Waals surface area contributed by atoms with Crippen molar-refractivity contribution in [3.63, 3.8) is 0 Å². The van der Waals surface area contributed by atoms with Gasteiger partial charge in [-0.2, -0.15) is 86.0 Å². The molecule has 47 heteroatoms. The van der Waals surface area contributed by atoms with Crippen LogP contribution in [-0.4, -0.2) is 129 Å². The van der Waals surface area contributed by atoms with Gasteiger partial charge < -0.3 is 32.6 Å². The van der Waals surface area contributed by atoms with Gasteiger partial charge in [-0.05, 0) is 88.4 Å². The predicted molar refractivity (Wildman–Crippen MR) is 283 cm³/mol. The normalized spacial score (nSPS) is 12.0. The molecule has 0 aliphatic rings.